The van der Waals surface area contributed by atoms with Gasteiger partial charge >= 0.3 is 0 Å². The number of rotatable bonds is 2. The van der Waals surface area contributed by atoms with Gasteiger partial charge in [-0.15, -0.1) is 12.6 Å². The van der Waals surface area contributed by atoms with Crippen molar-refractivity contribution in [1.29, 1.82) is 5.41 Å². The van der Waals surface area contributed by atoms with E-state index in [0.29, 0.717) is 0 Å². The number of aromatic hydroxyl groups is 1. The molecule has 1 fully saturated rings. The molecule has 1 aliphatic rings. The Morgan fingerprint density at radius 1 is 1.13 bits per heavy atom. The first-order chi connectivity index (χ1) is 14.4. The maximum atomic E-state index is 10.5. The number of fused-ring (bicyclic) bond motifs is 1. The third-order valence-electron chi connectivity index (χ3n) is 4.17. The van der Waals surface area contributed by atoms with Crippen molar-refractivity contribution >= 4 is 47.1 Å². The summed E-state index contributed by atoms with van der Waals surface area (Å²) in [6.45, 7) is 3.83. The third kappa shape index (κ3) is 7.03. The average Bonchev–Trinajstić information content (AvgIpc) is 2.78. The van der Waals surface area contributed by atoms with Gasteiger partial charge in [-0.05, 0) is 40.6 Å². The Balaban J connectivity index is 0.000000171. The van der Waals surface area contributed by atoms with Gasteiger partial charge in [0.25, 0.3) is 0 Å². The number of hydrogen-bond donors (Lipinski definition) is 5. The van der Waals surface area contributed by atoms with E-state index in [9.17, 15) is 4.79 Å². The summed E-state index contributed by atoms with van der Waals surface area (Å²) in [5.41, 5.74) is 6.18. The van der Waals surface area contributed by atoms with Crippen LogP contribution >= 0.6 is 24.2 Å². The third-order valence-corrected chi connectivity index (χ3v) is 4.86. The number of phenolic OH excluding ortho intramolecular Hbond substituents is 1. The highest BCUT2D eigenvalue weighted by Gasteiger charge is 2.03. The molecule has 6 nitrogen and oxygen atoms in total. The molecular weight excluding hydrogens is 422 g/mol. The Morgan fingerprint density at radius 3 is 2.30 bits per heavy atom. The predicted molar refractivity (Wildman–Crippen MR) is 124 cm³/mol. The summed E-state index contributed by atoms with van der Waals surface area (Å²) in [5.74, 6) is -0.622. The number of morpholine rings is 1. The number of halogens is 1. The lowest BCUT2D eigenvalue weighted by atomic mass is 10.1. The molecule has 0 radical (unpaired) electrons. The van der Waals surface area contributed by atoms with Crippen LogP contribution in [0.1, 0.15) is 15.9 Å². The molecule has 0 aliphatic carbocycles. The molecule has 1 saturated heterocycles. The summed E-state index contributed by atoms with van der Waals surface area (Å²) in [5, 5.41) is 21.7. The van der Waals surface area contributed by atoms with E-state index in [0.717, 1.165) is 47.5 Å². The van der Waals surface area contributed by atoms with Gasteiger partial charge in [0.2, 0.25) is 5.91 Å². The fourth-order valence-electron chi connectivity index (χ4n) is 2.61. The van der Waals surface area contributed by atoms with Crippen LogP contribution in [-0.4, -0.2) is 43.5 Å². The van der Waals surface area contributed by atoms with E-state index in [2.05, 4.69) is 17.9 Å². The fraction of sp³-hybridized carbons (Fsp3) is 0.182. The zero-order valence-corrected chi connectivity index (χ0v) is 17.9. The van der Waals surface area contributed by atoms with Crippen molar-refractivity contribution in [2.75, 3.05) is 26.3 Å². The molecule has 158 valence electrons. The van der Waals surface area contributed by atoms with Crippen LogP contribution in [0.4, 0.5) is 0 Å². The molecule has 0 unspecified atom stereocenters. The molecule has 5 N–H and O–H groups in total. The van der Waals surface area contributed by atoms with Crippen LogP contribution in [0.25, 0.3) is 10.8 Å². The van der Waals surface area contributed by atoms with E-state index in [1.807, 2.05) is 36.4 Å². The lowest BCUT2D eigenvalue weighted by molar-refractivity contribution is 0.1000. The Kier molecular flexibility index (Phi) is 9.63. The van der Waals surface area contributed by atoms with Crippen molar-refractivity contribution in [2.24, 2.45) is 5.73 Å². The van der Waals surface area contributed by atoms with Gasteiger partial charge in [0.15, 0.2) is 0 Å². The van der Waals surface area contributed by atoms with Crippen molar-refractivity contribution in [2.45, 2.75) is 4.90 Å². The Bertz CT molecular complexity index is 999. The molecule has 8 heteroatoms. The van der Waals surface area contributed by atoms with Gasteiger partial charge in [0, 0.05) is 29.8 Å². The maximum Gasteiger partial charge on any atom is 0.248 e. The Morgan fingerprint density at radius 2 is 1.80 bits per heavy atom. The van der Waals surface area contributed by atoms with Gasteiger partial charge in [-0.3, -0.25) is 4.79 Å². The minimum Gasteiger partial charge on any atom is -0.506 e. The van der Waals surface area contributed by atoms with E-state index < -0.39 is 5.91 Å². The molecule has 1 heterocycles. The van der Waals surface area contributed by atoms with E-state index in [-0.39, 0.29) is 16.3 Å². The molecule has 0 spiro atoms. The zero-order valence-electron chi connectivity index (χ0n) is 16.3. The monoisotopic (exact) mass is 445 g/mol. The molecule has 3 aromatic rings. The zero-order chi connectivity index (χ0) is 21.9. The Hall–Kier alpha value is -2.58. The highest BCUT2D eigenvalue weighted by atomic mass is 35.5. The van der Waals surface area contributed by atoms with E-state index in [4.69, 9.17) is 32.6 Å². The number of thiol groups is 1. The Labute approximate surface area is 185 Å². The van der Waals surface area contributed by atoms with Gasteiger partial charge in [-0.2, -0.15) is 0 Å². The van der Waals surface area contributed by atoms with Gasteiger partial charge in [0.1, 0.15) is 5.75 Å². The number of benzene rings is 3. The standard InChI is InChI=1S/C11H9NS.C7H6ClNO2.C4H9NO/c12-7-8-5-6-11(13)10-4-2-1-3-9(8)10;8-5-3-4(7(9)11)1-2-6(5)10;1-3-6-4-2-5-1/h1-7,12-13H;1-3,10H,(H2,9,11);5H,1-4H2. The van der Waals surface area contributed by atoms with Crippen LogP contribution in [0.15, 0.2) is 59.5 Å². The van der Waals surface area contributed by atoms with Crippen LogP contribution < -0.4 is 11.1 Å². The summed E-state index contributed by atoms with van der Waals surface area (Å²) in [7, 11) is 0. The molecule has 4 rings (SSSR count). The van der Waals surface area contributed by atoms with Crippen LogP contribution in [0.5, 0.6) is 5.75 Å². The topological polar surface area (TPSA) is 108 Å². The molecule has 0 bridgehead atoms. The fourth-order valence-corrected chi connectivity index (χ4v) is 3.06. The van der Waals surface area contributed by atoms with E-state index >= 15 is 0 Å². The summed E-state index contributed by atoms with van der Waals surface area (Å²) in [4.78, 5) is 11.5. The number of ether oxygens (including phenoxy) is 1. The minimum atomic E-state index is -0.563. The number of carbonyl (C=O) groups excluding carboxylic acids is 1. The van der Waals surface area contributed by atoms with E-state index in [1.54, 1.807) is 0 Å². The van der Waals surface area contributed by atoms with Crippen molar-refractivity contribution < 1.29 is 14.6 Å². The molecule has 1 aliphatic heterocycles. The molecule has 0 atom stereocenters. The van der Waals surface area contributed by atoms with Gasteiger partial charge in [-0.1, -0.05) is 41.9 Å². The van der Waals surface area contributed by atoms with Gasteiger partial charge < -0.3 is 26.3 Å². The highest BCUT2D eigenvalue weighted by molar-refractivity contribution is 7.80. The quantitative estimate of drug-likeness (QED) is 0.304. The summed E-state index contributed by atoms with van der Waals surface area (Å²) in [6, 6.07) is 15.9. The predicted octanol–water partition coefficient (Wildman–Crippen LogP) is 3.88. The number of primary amides is 1. The van der Waals surface area contributed by atoms with Crippen molar-refractivity contribution in [3.8, 4) is 5.75 Å². The van der Waals surface area contributed by atoms with E-state index in [1.165, 1.54) is 24.4 Å². The second-order valence-corrected chi connectivity index (χ2v) is 7.15. The smallest absolute Gasteiger partial charge is 0.248 e. The number of carbonyl (C=O) groups is 1. The lowest BCUT2D eigenvalue weighted by Gasteiger charge is -2.10. The normalized spacial score (nSPS) is 12.7. The molecule has 30 heavy (non-hydrogen) atoms. The summed E-state index contributed by atoms with van der Waals surface area (Å²) < 4.78 is 5.01. The largest absolute Gasteiger partial charge is 0.506 e. The lowest BCUT2D eigenvalue weighted by Crippen LogP contribution is -2.30. The number of amides is 1. The molecule has 3 aromatic carbocycles. The minimum absolute atomic E-state index is 0.0586. The van der Waals surface area contributed by atoms with Gasteiger partial charge in [-0.25, -0.2) is 0 Å². The highest BCUT2D eigenvalue weighted by Crippen LogP contribution is 2.24. The SMILES string of the molecule is C1COCCN1.N=Cc1ccc(S)c2ccccc12.NC(=O)c1ccc(O)c(Cl)c1. The number of nitrogens with one attached hydrogen (secondary N) is 2. The first kappa shape index (κ1) is 23.7. The molecule has 0 aromatic heterocycles. The second-order valence-electron chi connectivity index (χ2n) is 6.26. The maximum absolute atomic E-state index is 10.5. The molecular formula is C22H24ClN3O3S. The van der Waals surface area contributed by atoms with Crippen molar-refractivity contribution in [3.05, 3.63) is 70.7 Å². The second kappa shape index (κ2) is 12.2. The molecule has 0 saturated carbocycles. The number of phenols is 1. The number of hydrogen-bond acceptors (Lipinski definition) is 6. The number of nitrogens with two attached hydrogens (primary N) is 1. The first-order valence-electron chi connectivity index (χ1n) is 9.22. The van der Waals surface area contributed by atoms with Crippen LogP contribution in [0.2, 0.25) is 5.02 Å². The van der Waals surface area contributed by atoms with Crippen LogP contribution in [-0.2, 0) is 4.74 Å². The molecule has 1 amide bonds. The first-order valence-corrected chi connectivity index (χ1v) is 10.0. The van der Waals surface area contributed by atoms with Gasteiger partial charge in [0.05, 0.1) is 18.2 Å². The van der Waals surface area contributed by atoms with Crippen molar-refractivity contribution in [1.82, 2.24) is 5.32 Å². The summed E-state index contributed by atoms with van der Waals surface area (Å²) >= 11 is 9.86. The van der Waals surface area contributed by atoms with Crippen LogP contribution in [0, 0.1) is 5.41 Å². The van der Waals surface area contributed by atoms with Crippen LogP contribution in [0.3, 0.4) is 0 Å². The average molecular weight is 446 g/mol. The summed E-state index contributed by atoms with van der Waals surface area (Å²) in [6.07, 6.45) is 1.37. The van der Waals surface area contributed by atoms with Crippen molar-refractivity contribution in [3.63, 3.8) is 0 Å².